The van der Waals surface area contributed by atoms with E-state index in [1.165, 1.54) is 21.1 Å². The van der Waals surface area contributed by atoms with Crippen LogP contribution in [0.4, 0.5) is 5.69 Å². The number of nitrogens with one attached hydrogen (secondary N) is 1. The molecule has 1 unspecified atom stereocenters. The number of benzene rings is 2. The fraction of sp³-hybridized carbons (Fsp3) is 0.578. The van der Waals surface area contributed by atoms with Crippen LogP contribution in [0.2, 0.25) is 0 Å². The molecule has 0 amide bonds. The van der Waals surface area contributed by atoms with E-state index in [1.54, 1.807) is 6.07 Å². The Hall–Kier alpha value is -4.83. The van der Waals surface area contributed by atoms with Crippen LogP contribution in [0.3, 0.4) is 0 Å². The first-order valence-electron chi connectivity index (χ1n) is 21.1. The van der Waals surface area contributed by atoms with E-state index in [1.807, 2.05) is 50.3 Å². The molecule has 2 bridgehead atoms. The number of rotatable bonds is 8. The highest BCUT2D eigenvalue weighted by atomic mass is 16.6. The first-order valence-corrected chi connectivity index (χ1v) is 21.1. The molecule has 9 rings (SSSR count). The number of carbonyl (C=O) groups is 3. The second-order valence-electron chi connectivity index (χ2n) is 18.0. The Morgan fingerprint density at radius 1 is 0.967 bits per heavy atom. The van der Waals surface area contributed by atoms with Gasteiger partial charge >= 0.3 is 17.9 Å². The van der Waals surface area contributed by atoms with Crippen LogP contribution in [-0.2, 0) is 45.8 Å². The van der Waals surface area contributed by atoms with Crippen LogP contribution in [-0.4, -0.2) is 126 Å². The van der Waals surface area contributed by atoms with Gasteiger partial charge in [-0.3, -0.25) is 19.4 Å². The average molecular weight is 826 g/mol. The van der Waals surface area contributed by atoms with Crippen molar-refractivity contribution in [3.63, 3.8) is 0 Å². The van der Waals surface area contributed by atoms with Gasteiger partial charge in [0, 0.05) is 78.2 Å². The summed E-state index contributed by atoms with van der Waals surface area (Å²) in [6, 6.07) is 9.69. The minimum absolute atomic E-state index is 0.168. The van der Waals surface area contributed by atoms with Crippen molar-refractivity contribution in [3.05, 3.63) is 75.8 Å². The highest BCUT2D eigenvalue weighted by Crippen LogP contribution is 2.68. The molecule has 3 aromatic rings. The molecule has 15 heteroatoms. The number of aromatic amines is 1. The van der Waals surface area contributed by atoms with Crippen molar-refractivity contribution in [2.45, 2.75) is 99.5 Å². The maximum Gasteiger partial charge on any atom is 0.344 e. The summed E-state index contributed by atoms with van der Waals surface area (Å²) in [5.41, 5.74) is -3.57. The van der Waals surface area contributed by atoms with Gasteiger partial charge in [-0.25, -0.2) is 9.80 Å². The maximum atomic E-state index is 15.3. The number of esters is 3. The molecule has 320 valence electrons. The van der Waals surface area contributed by atoms with Crippen molar-refractivity contribution in [1.82, 2.24) is 14.8 Å². The van der Waals surface area contributed by atoms with Gasteiger partial charge in [-0.15, -0.1) is 4.91 Å². The lowest BCUT2D eigenvalue weighted by Crippen LogP contribution is -2.81. The first-order chi connectivity index (χ1) is 28.8. The highest BCUT2D eigenvalue weighted by molar-refractivity contribution is 5.95. The number of fused-ring (bicyclic) bond motifs is 6. The predicted molar refractivity (Wildman–Crippen MR) is 220 cm³/mol. The number of anilines is 1. The quantitative estimate of drug-likeness (QED) is 0.128. The lowest BCUT2D eigenvalue weighted by Gasteiger charge is -2.62. The van der Waals surface area contributed by atoms with Crippen molar-refractivity contribution < 1.29 is 43.5 Å². The van der Waals surface area contributed by atoms with Crippen LogP contribution >= 0.6 is 0 Å². The molecule has 2 aromatic carbocycles. The summed E-state index contributed by atoms with van der Waals surface area (Å²) in [4.78, 5) is 64.4. The van der Waals surface area contributed by atoms with Gasteiger partial charge in [-0.1, -0.05) is 44.2 Å². The van der Waals surface area contributed by atoms with Gasteiger partial charge in [0.1, 0.15) is 17.2 Å². The number of aliphatic hydroxyl groups is 2. The van der Waals surface area contributed by atoms with Gasteiger partial charge in [0.25, 0.3) is 0 Å². The fourth-order valence-corrected chi connectivity index (χ4v) is 13.3. The Labute approximate surface area is 348 Å². The zero-order valence-corrected chi connectivity index (χ0v) is 35.2. The molecule has 1 aromatic heterocycles. The molecule has 2 saturated heterocycles. The number of ether oxygens (including phenoxy) is 4. The second-order valence-corrected chi connectivity index (χ2v) is 18.0. The molecule has 1 spiro atoms. The van der Waals surface area contributed by atoms with Crippen LogP contribution in [0.5, 0.6) is 5.75 Å². The van der Waals surface area contributed by atoms with E-state index in [-0.39, 0.29) is 18.1 Å². The summed E-state index contributed by atoms with van der Waals surface area (Å²) in [5, 5.41) is 30.9. The van der Waals surface area contributed by atoms with Crippen LogP contribution in [0.15, 0.2) is 53.8 Å². The first kappa shape index (κ1) is 40.6. The third kappa shape index (κ3) is 5.18. The standard InChI is InChI=1S/C45H55N5O10/c1-7-41(54)22-27-23-44(39(52)58-5,35-29(14-18-48(24-27)25-41)28-12-9-10-13-32(28)46-35)31-20-30-33(21-34(31)57-4)50(47-56)37-43(30)16-19-49-17-11-15-42(8-2,36(43)49)38(60-26(3)51)45(37,55)40(53)59-6/h9-13,15,20-21,27,36-38,46,54-55H,7-8,14,16-19,22-25H2,1-6H3/t27-,36-,37+,38+,41-,42+,43+,44-,45-/m0/s1. The molecular formula is C45H55N5O10. The second kappa shape index (κ2) is 14.1. The van der Waals surface area contributed by atoms with E-state index in [0.717, 1.165) is 28.6 Å². The summed E-state index contributed by atoms with van der Waals surface area (Å²) in [6.07, 6.45) is 5.04. The molecular weight excluding hydrogens is 771 g/mol. The largest absolute Gasteiger partial charge is 0.496 e. The van der Waals surface area contributed by atoms with Crippen molar-refractivity contribution in [1.29, 1.82) is 0 Å². The van der Waals surface area contributed by atoms with Gasteiger partial charge in [-0.05, 0) is 74.2 Å². The Morgan fingerprint density at radius 3 is 2.42 bits per heavy atom. The zero-order valence-electron chi connectivity index (χ0n) is 35.2. The van der Waals surface area contributed by atoms with Crippen molar-refractivity contribution in [2.24, 2.45) is 16.6 Å². The van der Waals surface area contributed by atoms with Crippen molar-refractivity contribution in [2.75, 3.05) is 59.1 Å². The Morgan fingerprint density at radius 2 is 1.73 bits per heavy atom. The third-order valence-corrected chi connectivity index (χ3v) is 15.4. The molecule has 6 aliphatic rings. The Bertz CT molecular complexity index is 2310. The molecule has 1 aliphatic carbocycles. The highest BCUT2D eigenvalue weighted by Gasteiger charge is 2.81. The summed E-state index contributed by atoms with van der Waals surface area (Å²) in [5.74, 6) is -2.19. The smallest absolute Gasteiger partial charge is 0.344 e. The SMILES string of the molecule is CC[C@]1(O)C[C@@H]2CN(CCc3c([nH]c4ccccc34)[C@@](C(=O)OC)(c3cc4c(cc3OC)N(N=O)[C@H]3[C@@](O)(C(=O)OC)[C@H](OC(C)=O)[C@]5(CC)C=CCN6CC[C@]43[C@@H]65)C2)C1. The Balaban J connectivity index is 1.38. The number of piperidine rings is 1. The minimum Gasteiger partial charge on any atom is -0.496 e. The number of para-hydroxylation sites is 1. The number of methoxy groups -OCH3 is 3. The molecule has 15 nitrogen and oxygen atoms in total. The number of hydrogen-bond acceptors (Lipinski definition) is 13. The summed E-state index contributed by atoms with van der Waals surface area (Å²) in [7, 11) is 4.04. The van der Waals surface area contributed by atoms with E-state index in [9.17, 15) is 24.7 Å². The molecule has 10 atom stereocenters. The predicted octanol–water partition coefficient (Wildman–Crippen LogP) is 4.04. The third-order valence-electron chi connectivity index (χ3n) is 15.4. The van der Waals surface area contributed by atoms with Crippen LogP contribution in [0, 0.1) is 16.2 Å². The lowest BCUT2D eigenvalue weighted by molar-refractivity contribution is -0.228. The van der Waals surface area contributed by atoms with E-state index in [2.05, 4.69) is 26.1 Å². The summed E-state index contributed by atoms with van der Waals surface area (Å²) < 4.78 is 23.6. The van der Waals surface area contributed by atoms with Crippen LogP contribution in [0.25, 0.3) is 10.9 Å². The average Bonchev–Trinajstić information content (AvgIpc) is 3.92. The molecule has 3 N–H and O–H groups in total. The molecule has 6 heterocycles. The number of nitrogens with zero attached hydrogens (tertiary/aromatic N) is 4. The van der Waals surface area contributed by atoms with Gasteiger partial charge in [0.2, 0.25) is 5.60 Å². The molecule has 0 radical (unpaired) electrons. The maximum absolute atomic E-state index is 15.3. The number of carbonyl (C=O) groups excluding carboxylic acids is 3. The van der Waals surface area contributed by atoms with Crippen molar-refractivity contribution in [3.8, 4) is 5.75 Å². The summed E-state index contributed by atoms with van der Waals surface area (Å²) in [6.45, 7) is 8.05. The number of nitroso groups, excluding NO2 is 1. The van der Waals surface area contributed by atoms with E-state index in [4.69, 9.17) is 18.9 Å². The normalized spacial score (nSPS) is 36.5. The minimum atomic E-state index is -2.59. The van der Waals surface area contributed by atoms with Gasteiger partial charge in [-0.2, -0.15) is 0 Å². The monoisotopic (exact) mass is 825 g/mol. The van der Waals surface area contributed by atoms with Crippen molar-refractivity contribution >= 4 is 34.5 Å². The van der Waals surface area contributed by atoms with Crippen LogP contribution in [0.1, 0.15) is 75.3 Å². The molecule has 5 aliphatic heterocycles. The van der Waals surface area contributed by atoms with E-state index < -0.39 is 63.5 Å². The number of aromatic nitrogens is 1. The zero-order chi connectivity index (χ0) is 42.6. The molecule has 1 saturated carbocycles. The molecule has 3 fully saturated rings. The number of H-pyrrole nitrogens is 1. The van der Waals surface area contributed by atoms with Crippen LogP contribution < -0.4 is 9.75 Å². The topological polar surface area (TPSA) is 184 Å². The lowest BCUT2D eigenvalue weighted by atomic mass is 9.47. The summed E-state index contributed by atoms with van der Waals surface area (Å²) >= 11 is 0. The van der Waals surface area contributed by atoms with Gasteiger partial charge in [0.15, 0.2) is 6.10 Å². The Kier molecular flexibility index (Phi) is 9.54. The van der Waals surface area contributed by atoms with E-state index >= 15 is 4.79 Å². The molecule has 60 heavy (non-hydrogen) atoms. The van der Waals surface area contributed by atoms with Gasteiger partial charge in [0.05, 0.1) is 37.9 Å². The van der Waals surface area contributed by atoms with Gasteiger partial charge < -0.3 is 34.1 Å². The fourth-order valence-electron chi connectivity index (χ4n) is 13.3. The van der Waals surface area contributed by atoms with E-state index in [0.29, 0.717) is 87.3 Å². The number of hydrogen-bond donors (Lipinski definition) is 3.